The third kappa shape index (κ3) is 8.12. The summed E-state index contributed by atoms with van der Waals surface area (Å²) in [6.45, 7) is 2.28. The van der Waals surface area contributed by atoms with Gasteiger partial charge in [-0.1, -0.05) is 64.0 Å². The largest absolute Gasteiger partial charge is 0.0654 e. The van der Waals surface area contributed by atoms with E-state index in [-0.39, 0.29) is 0 Å². The van der Waals surface area contributed by atoms with Gasteiger partial charge in [-0.05, 0) is 59.5 Å². The van der Waals surface area contributed by atoms with Gasteiger partial charge in [-0.3, -0.25) is 0 Å². The molecule has 1 radical (unpaired) electrons. The summed E-state index contributed by atoms with van der Waals surface area (Å²) in [7, 11) is 0. The minimum atomic E-state index is 1.13. The van der Waals surface area contributed by atoms with Gasteiger partial charge in [0.15, 0.2) is 0 Å². The maximum Gasteiger partial charge on any atom is 0.0130 e. The van der Waals surface area contributed by atoms with E-state index in [0.717, 1.165) is 6.42 Å². The van der Waals surface area contributed by atoms with Crippen molar-refractivity contribution in [2.45, 2.75) is 64.7 Å². The molecule has 1 heteroatoms. The third-order valence-electron chi connectivity index (χ3n) is 3.31. The van der Waals surface area contributed by atoms with Crippen molar-refractivity contribution in [3.63, 3.8) is 0 Å². The smallest absolute Gasteiger partial charge is 0.0130 e. The molecule has 18 heavy (non-hydrogen) atoms. The molecule has 0 saturated carbocycles. The Balaban J connectivity index is 1.91. The minimum absolute atomic E-state index is 1.13. The van der Waals surface area contributed by atoms with Crippen molar-refractivity contribution in [2.75, 3.05) is 0 Å². The van der Waals surface area contributed by atoms with Crippen LogP contribution in [0.2, 0.25) is 0 Å². The second-order valence-electron chi connectivity index (χ2n) is 5.03. The first kappa shape index (κ1) is 16.0. The first-order valence-electron chi connectivity index (χ1n) is 7.39. The lowest BCUT2D eigenvalue weighted by Gasteiger charge is -2.03. The van der Waals surface area contributed by atoms with Crippen LogP contribution in [0.3, 0.4) is 0 Å². The first-order valence-corrected chi connectivity index (χ1v) is 8.47. The van der Waals surface area contributed by atoms with Crippen LogP contribution >= 0.6 is 22.6 Å². The Hall–Kier alpha value is -0.0500. The number of unbranched alkanes of at least 4 members (excludes halogenated alkanes) is 8. The monoisotopic (exact) mass is 357 g/mol. The van der Waals surface area contributed by atoms with Crippen LogP contribution in [0, 0.1) is 9.99 Å². The lowest BCUT2D eigenvalue weighted by molar-refractivity contribution is 0.586. The van der Waals surface area contributed by atoms with E-state index in [1.165, 1.54) is 60.5 Å². The highest BCUT2D eigenvalue weighted by Crippen LogP contribution is 2.12. The Morgan fingerprint density at radius 3 is 2.17 bits per heavy atom. The number of hydrogen-bond donors (Lipinski definition) is 0. The molecule has 0 heterocycles. The van der Waals surface area contributed by atoms with E-state index in [9.17, 15) is 0 Å². The average Bonchev–Trinajstić information content (AvgIpc) is 2.39. The van der Waals surface area contributed by atoms with Crippen LogP contribution in [0.5, 0.6) is 0 Å². The molecule has 0 atom stereocenters. The molecule has 0 aliphatic heterocycles. The fraction of sp³-hybridized carbons (Fsp3) is 0.588. The van der Waals surface area contributed by atoms with Gasteiger partial charge >= 0.3 is 0 Å². The number of halogens is 1. The molecule has 0 unspecified atom stereocenters. The molecule has 0 nitrogen and oxygen atoms in total. The molecule has 0 amide bonds. The second kappa shape index (κ2) is 10.8. The quantitative estimate of drug-likeness (QED) is 0.347. The van der Waals surface area contributed by atoms with Crippen molar-refractivity contribution in [3.8, 4) is 0 Å². The first-order chi connectivity index (χ1) is 8.83. The molecule has 1 rings (SSSR count). The molecule has 0 saturated heterocycles. The van der Waals surface area contributed by atoms with E-state index in [1.54, 1.807) is 0 Å². The van der Waals surface area contributed by atoms with Gasteiger partial charge in [0.05, 0.1) is 0 Å². The molecule has 0 fully saturated rings. The predicted molar refractivity (Wildman–Crippen MR) is 89.8 cm³/mol. The van der Waals surface area contributed by atoms with Gasteiger partial charge in [-0.15, -0.1) is 0 Å². The summed E-state index contributed by atoms with van der Waals surface area (Å²) >= 11 is 2.36. The number of rotatable bonds is 10. The Kier molecular flexibility index (Phi) is 9.63. The molecule has 0 aliphatic carbocycles. The van der Waals surface area contributed by atoms with Gasteiger partial charge in [-0.25, -0.2) is 0 Å². The van der Waals surface area contributed by atoms with Gasteiger partial charge in [0.1, 0.15) is 0 Å². The zero-order chi connectivity index (χ0) is 13.1. The van der Waals surface area contributed by atoms with Crippen molar-refractivity contribution < 1.29 is 0 Å². The molecular formula is C17H26I. The number of hydrogen-bond acceptors (Lipinski definition) is 0. The molecule has 0 aliphatic rings. The van der Waals surface area contributed by atoms with Gasteiger partial charge < -0.3 is 0 Å². The van der Waals surface area contributed by atoms with Gasteiger partial charge in [0.25, 0.3) is 0 Å². The Morgan fingerprint density at radius 2 is 1.50 bits per heavy atom. The van der Waals surface area contributed by atoms with Gasteiger partial charge in [0.2, 0.25) is 0 Å². The lowest BCUT2D eigenvalue weighted by atomic mass is 10.0. The zero-order valence-electron chi connectivity index (χ0n) is 11.6. The normalized spacial score (nSPS) is 10.8. The Morgan fingerprint density at radius 1 is 0.889 bits per heavy atom. The molecule has 101 valence electrons. The maximum absolute atomic E-state index is 2.44. The van der Waals surface area contributed by atoms with Crippen LogP contribution < -0.4 is 0 Å². The highest BCUT2D eigenvalue weighted by atomic mass is 127. The van der Waals surface area contributed by atoms with Gasteiger partial charge in [0, 0.05) is 3.57 Å². The highest BCUT2D eigenvalue weighted by molar-refractivity contribution is 14.1. The average molecular weight is 357 g/mol. The molecule has 1 aromatic rings. The SMILES string of the molecule is CCCCCCCCC[CH]Cc1ccc(I)cc1. The van der Waals surface area contributed by atoms with E-state index in [0.29, 0.717) is 0 Å². The van der Waals surface area contributed by atoms with Gasteiger partial charge in [-0.2, -0.15) is 0 Å². The summed E-state index contributed by atoms with van der Waals surface area (Å²) in [6, 6.07) is 8.86. The van der Waals surface area contributed by atoms with Crippen LogP contribution in [0.4, 0.5) is 0 Å². The standard InChI is InChI=1S/C17H26I/c1-2-3-4-5-6-7-8-9-10-11-16-12-14-17(18)15-13-16/h10,12-15H,2-9,11H2,1H3. The fourth-order valence-electron chi connectivity index (χ4n) is 2.13. The van der Waals surface area contributed by atoms with Crippen LogP contribution in [-0.4, -0.2) is 0 Å². The summed E-state index contributed by atoms with van der Waals surface area (Å²) in [4.78, 5) is 0. The number of benzene rings is 1. The predicted octanol–water partition coefficient (Wildman–Crippen LogP) is 6.18. The van der Waals surface area contributed by atoms with E-state index in [4.69, 9.17) is 0 Å². The van der Waals surface area contributed by atoms with Crippen LogP contribution in [-0.2, 0) is 6.42 Å². The minimum Gasteiger partial charge on any atom is -0.0654 e. The van der Waals surface area contributed by atoms with E-state index in [2.05, 4.69) is 60.2 Å². The summed E-state index contributed by atoms with van der Waals surface area (Å²) in [5.41, 5.74) is 1.44. The molecular weight excluding hydrogens is 331 g/mol. The summed E-state index contributed by atoms with van der Waals surface area (Å²) < 4.78 is 1.32. The molecule has 0 aromatic heterocycles. The Bertz CT molecular complexity index is 289. The van der Waals surface area contributed by atoms with Crippen LogP contribution in [0.25, 0.3) is 0 Å². The van der Waals surface area contributed by atoms with E-state index >= 15 is 0 Å². The molecule has 0 spiro atoms. The topological polar surface area (TPSA) is 0 Å². The summed E-state index contributed by atoms with van der Waals surface area (Å²) in [5, 5.41) is 0. The third-order valence-corrected chi connectivity index (χ3v) is 4.02. The van der Waals surface area contributed by atoms with Crippen molar-refractivity contribution in [2.24, 2.45) is 0 Å². The second-order valence-corrected chi connectivity index (χ2v) is 6.27. The summed E-state index contributed by atoms with van der Waals surface area (Å²) in [6.07, 6.45) is 14.7. The summed E-state index contributed by atoms with van der Waals surface area (Å²) in [5.74, 6) is 0. The molecule has 1 aromatic carbocycles. The van der Waals surface area contributed by atoms with Crippen molar-refractivity contribution in [1.82, 2.24) is 0 Å². The Labute approximate surface area is 127 Å². The fourth-order valence-corrected chi connectivity index (χ4v) is 2.49. The van der Waals surface area contributed by atoms with E-state index < -0.39 is 0 Å². The van der Waals surface area contributed by atoms with Crippen molar-refractivity contribution >= 4 is 22.6 Å². The van der Waals surface area contributed by atoms with Crippen molar-refractivity contribution in [3.05, 3.63) is 39.8 Å². The zero-order valence-corrected chi connectivity index (χ0v) is 13.8. The van der Waals surface area contributed by atoms with Crippen molar-refractivity contribution in [1.29, 1.82) is 0 Å². The highest BCUT2D eigenvalue weighted by Gasteiger charge is 1.95. The van der Waals surface area contributed by atoms with Crippen LogP contribution in [0.15, 0.2) is 24.3 Å². The van der Waals surface area contributed by atoms with Crippen LogP contribution in [0.1, 0.15) is 63.9 Å². The molecule has 0 N–H and O–H groups in total. The maximum atomic E-state index is 2.44. The lowest BCUT2D eigenvalue weighted by Crippen LogP contribution is -1.87. The molecule has 0 bridgehead atoms. The van der Waals surface area contributed by atoms with E-state index in [1.807, 2.05) is 0 Å².